The predicted octanol–water partition coefficient (Wildman–Crippen LogP) is -0.267. The Kier molecular flexibility index (Phi) is 2.46. The van der Waals surface area contributed by atoms with E-state index in [1.54, 1.807) is 24.3 Å². The lowest BCUT2D eigenvalue weighted by Gasteiger charge is -2.07. The summed E-state index contributed by atoms with van der Waals surface area (Å²) in [5, 5.41) is 3.70. The van der Waals surface area contributed by atoms with Gasteiger partial charge >= 0.3 is 0 Å². The van der Waals surface area contributed by atoms with Crippen LogP contribution in [0.5, 0.6) is 0 Å². The molecule has 1 rings (SSSR count). The molecule has 0 fully saturated rings. The number of hydrogen-bond donors (Lipinski definition) is 2. The molecule has 1 aromatic carbocycles. The molecule has 0 heterocycles. The van der Waals surface area contributed by atoms with E-state index >= 15 is 0 Å². The maximum atomic E-state index is 10.8. The number of sulfonamides is 1. The molecular formula is C7H9N2O2S. The summed E-state index contributed by atoms with van der Waals surface area (Å²) in [7, 11) is -3.69. The van der Waals surface area contributed by atoms with Crippen LogP contribution >= 0.6 is 0 Å². The molecule has 1 radical (unpaired) electrons. The van der Waals surface area contributed by atoms with Gasteiger partial charge in [-0.3, -0.25) is 0 Å². The van der Waals surface area contributed by atoms with Crippen LogP contribution in [-0.4, -0.2) is 8.42 Å². The smallest absolute Gasteiger partial charge is 0.229 e. The topological polar surface area (TPSA) is 86.2 Å². The Hall–Kier alpha value is -0.910. The first kappa shape index (κ1) is 9.18. The van der Waals surface area contributed by atoms with E-state index < -0.39 is 15.4 Å². The number of rotatable bonds is 2. The molecule has 5 heteroatoms. The minimum absolute atomic E-state index is 0.469. The highest BCUT2D eigenvalue weighted by Gasteiger charge is 2.17. The van der Waals surface area contributed by atoms with Crippen LogP contribution in [0.3, 0.4) is 0 Å². The van der Waals surface area contributed by atoms with Crippen molar-refractivity contribution < 1.29 is 8.42 Å². The molecule has 4 nitrogen and oxygen atoms in total. The molecule has 0 saturated heterocycles. The van der Waals surface area contributed by atoms with Gasteiger partial charge in [-0.1, -0.05) is 24.3 Å². The maximum absolute atomic E-state index is 10.8. The predicted molar refractivity (Wildman–Crippen MR) is 45.3 cm³/mol. The minimum atomic E-state index is -3.69. The highest BCUT2D eigenvalue weighted by Crippen LogP contribution is 2.12. The Morgan fingerprint density at radius 2 is 1.83 bits per heavy atom. The molecule has 0 saturated carbocycles. The van der Waals surface area contributed by atoms with Gasteiger partial charge in [0.2, 0.25) is 10.0 Å². The van der Waals surface area contributed by atoms with Gasteiger partial charge in [0.1, 0.15) is 5.37 Å². The summed E-state index contributed by atoms with van der Waals surface area (Å²) in [4.78, 5) is 0. The zero-order valence-electron chi connectivity index (χ0n) is 6.27. The Balaban J connectivity index is 3.02. The molecule has 0 amide bonds. The zero-order chi connectivity index (χ0) is 9.19. The van der Waals surface area contributed by atoms with Crippen LogP contribution in [0.4, 0.5) is 0 Å². The molecule has 0 aromatic heterocycles. The molecule has 65 valence electrons. The third-order valence-corrected chi connectivity index (χ3v) is 2.41. The van der Waals surface area contributed by atoms with Gasteiger partial charge in [0, 0.05) is 0 Å². The third-order valence-electron chi connectivity index (χ3n) is 1.43. The van der Waals surface area contributed by atoms with Crippen LogP contribution in [0.2, 0.25) is 0 Å². The molecule has 1 unspecified atom stereocenters. The van der Waals surface area contributed by atoms with Crippen molar-refractivity contribution in [1.82, 2.24) is 0 Å². The van der Waals surface area contributed by atoms with Crippen molar-refractivity contribution in [1.29, 1.82) is 0 Å². The van der Waals surface area contributed by atoms with Gasteiger partial charge < -0.3 is 5.73 Å². The molecule has 0 spiro atoms. The summed E-state index contributed by atoms with van der Waals surface area (Å²) in [6, 6.07) is 9.04. The van der Waals surface area contributed by atoms with Gasteiger partial charge in [-0.2, -0.15) is 0 Å². The largest absolute Gasteiger partial charge is 0.310 e. The summed E-state index contributed by atoms with van der Waals surface area (Å²) in [6.07, 6.45) is 0. The van der Waals surface area contributed by atoms with Crippen molar-refractivity contribution in [2.45, 2.75) is 5.37 Å². The van der Waals surface area contributed by atoms with Crippen molar-refractivity contribution in [2.75, 3.05) is 0 Å². The van der Waals surface area contributed by atoms with Gasteiger partial charge in [-0.25, -0.2) is 13.6 Å². The van der Waals surface area contributed by atoms with E-state index in [2.05, 4.69) is 6.07 Å². The first-order valence-corrected chi connectivity index (χ1v) is 4.86. The molecule has 0 bridgehead atoms. The Labute approximate surface area is 71.2 Å². The van der Waals surface area contributed by atoms with Crippen LogP contribution in [-0.2, 0) is 10.0 Å². The Morgan fingerprint density at radius 1 is 1.33 bits per heavy atom. The highest BCUT2D eigenvalue weighted by atomic mass is 32.2. The van der Waals surface area contributed by atoms with Crippen molar-refractivity contribution >= 4 is 10.0 Å². The van der Waals surface area contributed by atoms with Gasteiger partial charge in [0.05, 0.1) is 0 Å². The second-order valence-corrected chi connectivity index (χ2v) is 4.03. The Morgan fingerprint density at radius 3 is 2.25 bits per heavy atom. The fourth-order valence-corrected chi connectivity index (χ4v) is 1.32. The quantitative estimate of drug-likeness (QED) is 0.665. The lowest BCUT2D eigenvalue weighted by atomic mass is 10.2. The second-order valence-electron chi connectivity index (χ2n) is 2.34. The molecule has 4 N–H and O–H groups in total. The first-order valence-electron chi connectivity index (χ1n) is 3.25. The third kappa shape index (κ3) is 2.04. The highest BCUT2D eigenvalue weighted by molar-refractivity contribution is 7.89. The van der Waals surface area contributed by atoms with Crippen molar-refractivity contribution in [3.63, 3.8) is 0 Å². The summed E-state index contributed by atoms with van der Waals surface area (Å²) in [6.45, 7) is 0. The molecule has 0 aliphatic carbocycles. The van der Waals surface area contributed by atoms with Gasteiger partial charge in [-0.05, 0) is 11.6 Å². The summed E-state index contributed by atoms with van der Waals surface area (Å²) in [5.41, 5.74) is 5.81. The number of hydrogen-bond acceptors (Lipinski definition) is 3. The zero-order valence-corrected chi connectivity index (χ0v) is 7.08. The second kappa shape index (κ2) is 3.22. The van der Waals surface area contributed by atoms with Crippen LogP contribution in [0.25, 0.3) is 0 Å². The van der Waals surface area contributed by atoms with E-state index in [9.17, 15) is 8.42 Å². The average Bonchev–Trinajstić information content (AvgIpc) is 2.03. The number of nitrogens with two attached hydrogens (primary N) is 2. The molecule has 12 heavy (non-hydrogen) atoms. The van der Waals surface area contributed by atoms with E-state index in [4.69, 9.17) is 10.9 Å². The van der Waals surface area contributed by atoms with Crippen LogP contribution in [0.1, 0.15) is 10.9 Å². The van der Waals surface area contributed by atoms with Crippen LogP contribution < -0.4 is 10.9 Å². The van der Waals surface area contributed by atoms with Gasteiger partial charge in [-0.15, -0.1) is 0 Å². The van der Waals surface area contributed by atoms with Gasteiger partial charge in [0.25, 0.3) is 0 Å². The maximum Gasteiger partial charge on any atom is 0.229 e. The fraction of sp³-hybridized carbons (Fsp3) is 0.143. The van der Waals surface area contributed by atoms with Crippen LogP contribution in [0.15, 0.2) is 24.3 Å². The molecular weight excluding hydrogens is 176 g/mol. The monoisotopic (exact) mass is 185 g/mol. The SMILES string of the molecule is NC(c1cc[c]cc1)S(N)(=O)=O. The number of benzene rings is 1. The fourth-order valence-electron chi connectivity index (χ4n) is 0.779. The number of primary sulfonamides is 1. The van der Waals surface area contributed by atoms with Crippen molar-refractivity contribution in [2.24, 2.45) is 10.9 Å². The standard InChI is InChI=1S/C7H9N2O2S/c8-7(12(9,10)11)6-4-2-1-3-5-6/h2-5,7H,8H2,(H2,9,10,11). The lowest BCUT2D eigenvalue weighted by molar-refractivity contribution is 0.585. The van der Waals surface area contributed by atoms with E-state index in [1.807, 2.05) is 0 Å². The average molecular weight is 185 g/mol. The summed E-state index contributed by atoms with van der Waals surface area (Å²) < 4.78 is 21.5. The summed E-state index contributed by atoms with van der Waals surface area (Å²) >= 11 is 0. The van der Waals surface area contributed by atoms with Crippen molar-refractivity contribution in [3.8, 4) is 0 Å². The van der Waals surface area contributed by atoms with E-state index in [1.165, 1.54) is 0 Å². The van der Waals surface area contributed by atoms with Crippen LogP contribution in [0, 0.1) is 6.07 Å². The van der Waals surface area contributed by atoms with E-state index in [0.717, 1.165) is 0 Å². The molecule has 0 aliphatic rings. The van der Waals surface area contributed by atoms with Gasteiger partial charge in [0.15, 0.2) is 0 Å². The van der Waals surface area contributed by atoms with E-state index in [-0.39, 0.29) is 0 Å². The minimum Gasteiger partial charge on any atom is -0.310 e. The first-order chi connectivity index (χ1) is 5.52. The molecule has 1 atom stereocenters. The normalized spacial score (nSPS) is 14.2. The summed E-state index contributed by atoms with van der Waals surface area (Å²) in [5.74, 6) is 0. The van der Waals surface area contributed by atoms with E-state index in [0.29, 0.717) is 5.56 Å². The molecule has 1 aromatic rings. The lowest BCUT2D eigenvalue weighted by Crippen LogP contribution is -2.28. The van der Waals surface area contributed by atoms with Crippen molar-refractivity contribution in [3.05, 3.63) is 35.9 Å². The molecule has 0 aliphatic heterocycles. The Bertz CT molecular complexity index is 347.